The van der Waals surface area contributed by atoms with E-state index in [0.717, 1.165) is 20.1 Å². The highest BCUT2D eigenvalue weighted by Crippen LogP contribution is 2.24. The fourth-order valence-corrected chi connectivity index (χ4v) is 3.42. The van der Waals surface area contributed by atoms with Crippen molar-refractivity contribution in [3.8, 4) is 0 Å². The molecule has 0 aliphatic rings. The summed E-state index contributed by atoms with van der Waals surface area (Å²) in [6.07, 6.45) is 0.424. The van der Waals surface area contributed by atoms with Gasteiger partial charge in [0.2, 0.25) is 0 Å². The molecule has 0 unspecified atom stereocenters. The van der Waals surface area contributed by atoms with E-state index in [4.69, 9.17) is 0 Å². The van der Waals surface area contributed by atoms with Gasteiger partial charge in [-0.3, -0.25) is 4.79 Å². The van der Waals surface area contributed by atoms with E-state index in [0.29, 0.717) is 6.42 Å². The Bertz CT molecular complexity index is 632. The standard InChI is InChI=1S/C18H18Br2O/c1-18(2,3)14-6-4-12(5-7-14)8-17(21)13-9-15(19)11-16(20)10-13/h4-7,9-11H,8H2,1-3H3. The number of rotatable bonds is 3. The maximum absolute atomic E-state index is 12.4. The molecule has 2 aromatic carbocycles. The first-order valence-electron chi connectivity index (χ1n) is 6.84. The monoisotopic (exact) mass is 408 g/mol. The quantitative estimate of drug-likeness (QED) is 0.573. The Labute approximate surface area is 143 Å². The number of ketones is 1. The minimum absolute atomic E-state index is 0.125. The highest BCUT2D eigenvalue weighted by molar-refractivity contribution is 9.11. The van der Waals surface area contributed by atoms with Crippen LogP contribution < -0.4 is 0 Å². The Morgan fingerprint density at radius 2 is 1.48 bits per heavy atom. The molecule has 2 aromatic rings. The summed E-state index contributed by atoms with van der Waals surface area (Å²) in [4.78, 5) is 12.4. The number of carbonyl (C=O) groups excluding carboxylic acids is 1. The molecular formula is C18H18Br2O. The maximum atomic E-state index is 12.4. The van der Waals surface area contributed by atoms with Crippen molar-refractivity contribution in [3.05, 3.63) is 68.1 Å². The van der Waals surface area contributed by atoms with Gasteiger partial charge >= 0.3 is 0 Å². The Morgan fingerprint density at radius 1 is 0.952 bits per heavy atom. The molecule has 0 aliphatic heterocycles. The second-order valence-electron chi connectivity index (χ2n) is 6.21. The van der Waals surface area contributed by atoms with Crippen LogP contribution in [0.25, 0.3) is 0 Å². The van der Waals surface area contributed by atoms with Crippen molar-refractivity contribution < 1.29 is 4.79 Å². The molecule has 0 amide bonds. The van der Waals surface area contributed by atoms with Gasteiger partial charge in [0, 0.05) is 20.9 Å². The number of halogens is 2. The fraction of sp³-hybridized carbons (Fsp3) is 0.278. The molecule has 110 valence electrons. The normalized spacial score (nSPS) is 11.5. The largest absolute Gasteiger partial charge is 0.294 e. The smallest absolute Gasteiger partial charge is 0.167 e. The molecule has 0 saturated carbocycles. The van der Waals surface area contributed by atoms with Gasteiger partial charge in [-0.2, -0.15) is 0 Å². The first kappa shape index (κ1) is 16.4. The second-order valence-corrected chi connectivity index (χ2v) is 8.04. The van der Waals surface area contributed by atoms with Gasteiger partial charge in [-0.05, 0) is 34.7 Å². The summed E-state index contributed by atoms with van der Waals surface area (Å²) in [5.41, 5.74) is 3.18. The Hall–Kier alpha value is -0.930. The predicted octanol–water partition coefficient (Wildman–Crippen LogP) is 5.93. The summed E-state index contributed by atoms with van der Waals surface area (Å²) < 4.78 is 1.81. The first-order valence-corrected chi connectivity index (χ1v) is 8.43. The van der Waals surface area contributed by atoms with E-state index < -0.39 is 0 Å². The minimum Gasteiger partial charge on any atom is -0.294 e. The van der Waals surface area contributed by atoms with Crippen molar-refractivity contribution in [1.82, 2.24) is 0 Å². The lowest BCUT2D eigenvalue weighted by atomic mass is 9.86. The van der Waals surface area contributed by atoms with Gasteiger partial charge < -0.3 is 0 Å². The van der Waals surface area contributed by atoms with E-state index in [9.17, 15) is 4.79 Å². The van der Waals surface area contributed by atoms with E-state index in [1.807, 2.05) is 30.3 Å². The van der Waals surface area contributed by atoms with E-state index in [1.54, 1.807) is 0 Å². The molecule has 0 aliphatic carbocycles. The van der Waals surface area contributed by atoms with Crippen LogP contribution in [0.5, 0.6) is 0 Å². The molecule has 0 spiro atoms. The van der Waals surface area contributed by atoms with Gasteiger partial charge in [0.1, 0.15) is 0 Å². The minimum atomic E-state index is 0.125. The third-order valence-corrected chi connectivity index (χ3v) is 4.28. The van der Waals surface area contributed by atoms with E-state index in [-0.39, 0.29) is 11.2 Å². The summed E-state index contributed by atoms with van der Waals surface area (Å²) in [6, 6.07) is 14.0. The molecule has 0 fully saturated rings. The van der Waals surface area contributed by atoms with E-state index in [2.05, 4.69) is 64.8 Å². The highest BCUT2D eigenvalue weighted by Gasteiger charge is 2.14. The second kappa shape index (κ2) is 6.45. The Kier molecular flexibility index (Phi) is 5.05. The zero-order chi connectivity index (χ0) is 15.6. The van der Waals surface area contributed by atoms with Gasteiger partial charge in [-0.1, -0.05) is 76.9 Å². The molecule has 0 radical (unpaired) electrons. The van der Waals surface area contributed by atoms with Crippen LogP contribution in [0.15, 0.2) is 51.4 Å². The molecular weight excluding hydrogens is 392 g/mol. The molecule has 0 heterocycles. The van der Waals surface area contributed by atoms with Gasteiger partial charge in [0.15, 0.2) is 5.78 Å². The summed E-state index contributed by atoms with van der Waals surface area (Å²) in [5.74, 6) is 0.125. The number of carbonyl (C=O) groups is 1. The lowest BCUT2D eigenvalue weighted by Crippen LogP contribution is -2.11. The molecule has 0 atom stereocenters. The van der Waals surface area contributed by atoms with Crippen LogP contribution in [0.1, 0.15) is 42.3 Å². The topological polar surface area (TPSA) is 17.1 Å². The average molecular weight is 410 g/mol. The van der Waals surface area contributed by atoms with Crippen LogP contribution in [-0.4, -0.2) is 5.78 Å². The zero-order valence-corrected chi connectivity index (χ0v) is 15.6. The predicted molar refractivity (Wildman–Crippen MR) is 95.0 cm³/mol. The van der Waals surface area contributed by atoms with Gasteiger partial charge in [-0.25, -0.2) is 0 Å². The average Bonchev–Trinajstić information content (AvgIpc) is 2.37. The third kappa shape index (κ3) is 4.52. The molecule has 21 heavy (non-hydrogen) atoms. The molecule has 0 N–H and O–H groups in total. The Balaban J connectivity index is 2.16. The molecule has 0 bridgehead atoms. The zero-order valence-electron chi connectivity index (χ0n) is 12.4. The van der Waals surface area contributed by atoms with Gasteiger partial charge in [0.05, 0.1) is 0 Å². The summed E-state index contributed by atoms with van der Waals surface area (Å²) in [5, 5.41) is 0. The van der Waals surface area contributed by atoms with Crippen LogP contribution in [-0.2, 0) is 11.8 Å². The van der Waals surface area contributed by atoms with Crippen LogP contribution in [0.2, 0.25) is 0 Å². The molecule has 3 heteroatoms. The number of hydrogen-bond acceptors (Lipinski definition) is 1. The highest BCUT2D eigenvalue weighted by atomic mass is 79.9. The fourth-order valence-electron chi connectivity index (χ4n) is 2.12. The summed E-state index contributed by atoms with van der Waals surface area (Å²) in [7, 11) is 0. The lowest BCUT2D eigenvalue weighted by molar-refractivity contribution is 0.0993. The molecule has 0 saturated heterocycles. The van der Waals surface area contributed by atoms with Gasteiger partial charge in [-0.15, -0.1) is 0 Å². The van der Waals surface area contributed by atoms with Crippen molar-refractivity contribution >= 4 is 37.6 Å². The van der Waals surface area contributed by atoms with Crippen molar-refractivity contribution in [1.29, 1.82) is 0 Å². The van der Waals surface area contributed by atoms with Crippen LogP contribution in [0.4, 0.5) is 0 Å². The van der Waals surface area contributed by atoms with Crippen molar-refractivity contribution in [2.24, 2.45) is 0 Å². The number of hydrogen-bond donors (Lipinski definition) is 0. The first-order chi connectivity index (χ1) is 9.75. The summed E-state index contributed by atoms with van der Waals surface area (Å²) >= 11 is 6.83. The lowest BCUT2D eigenvalue weighted by Gasteiger charge is -2.19. The molecule has 1 nitrogen and oxygen atoms in total. The van der Waals surface area contributed by atoms with E-state index in [1.165, 1.54) is 5.56 Å². The molecule has 0 aromatic heterocycles. The Morgan fingerprint density at radius 3 is 1.95 bits per heavy atom. The van der Waals surface area contributed by atoms with Crippen LogP contribution in [0.3, 0.4) is 0 Å². The van der Waals surface area contributed by atoms with Crippen molar-refractivity contribution in [3.63, 3.8) is 0 Å². The van der Waals surface area contributed by atoms with Crippen molar-refractivity contribution in [2.45, 2.75) is 32.6 Å². The number of Topliss-reactive ketones (excluding diaryl/α,β-unsaturated/α-hetero) is 1. The van der Waals surface area contributed by atoms with Crippen LogP contribution in [0, 0.1) is 0 Å². The maximum Gasteiger partial charge on any atom is 0.167 e. The summed E-state index contributed by atoms with van der Waals surface area (Å²) in [6.45, 7) is 6.56. The molecule has 2 rings (SSSR count). The van der Waals surface area contributed by atoms with Crippen molar-refractivity contribution in [2.75, 3.05) is 0 Å². The third-order valence-electron chi connectivity index (χ3n) is 3.37. The number of benzene rings is 2. The van der Waals surface area contributed by atoms with Crippen LogP contribution >= 0.6 is 31.9 Å². The van der Waals surface area contributed by atoms with E-state index >= 15 is 0 Å². The SMILES string of the molecule is CC(C)(C)c1ccc(CC(=O)c2cc(Br)cc(Br)c2)cc1. The van der Waals surface area contributed by atoms with Gasteiger partial charge in [0.25, 0.3) is 0 Å².